The first-order chi connectivity index (χ1) is 13.1. The molecule has 8 heteroatoms. The zero-order valence-corrected chi connectivity index (χ0v) is 16.5. The van der Waals surface area contributed by atoms with Gasteiger partial charge in [-0.05, 0) is 25.5 Å². The van der Waals surface area contributed by atoms with E-state index in [-0.39, 0.29) is 0 Å². The van der Waals surface area contributed by atoms with E-state index >= 15 is 0 Å². The second-order valence-corrected chi connectivity index (χ2v) is 6.08. The number of guanidine groups is 1. The standard InChI is InChI=1S/C19H29N5O3/c1-5-20-19(22-13-18-23-15(3)27-24-18)21-12-16-8-7-14(2)11-17(16)26-10-6-9-25-4/h7-8,11H,5-6,9-10,12-13H2,1-4H3,(H2,20,21,22). The van der Waals surface area contributed by atoms with Gasteiger partial charge in [0.05, 0.1) is 19.7 Å². The van der Waals surface area contributed by atoms with Crippen molar-refractivity contribution in [3.63, 3.8) is 0 Å². The molecule has 0 saturated carbocycles. The molecule has 27 heavy (non-hydrogen) atoms. The lowest BCUT2D eigenvalue weighted by Crippen LogP contribution is -2.37. The lowest BCUT2D eigenvalue weighted by Gasteiger charge is -2.13. The van der Waals surface area contributed by atoms with Gasteiger partial charge >= 0.3 is 0 Å². The maximum absolute atomic E-state index is 5.92. The Morgan fingerprint density at radius 3 is 2.78 bits per heavy atom. The normalized spacial score (nSPS) is 11.5. The molecule has 0 aliphatic carbocycles. The van der Waals surface area contributed by atoms with Crippen molar-refractivity contribution in [1.29, 1.82) is 0 Å². The van der Waals surface area contributed by atoms with Crippen molar-refractivity contribution in [1.82, 2.24) is 20.8 Å². The summed E-state index contributed by atoms with van der Waals surface area (Å²) in [5.41, 5.74) is 2.19. The molecule has 0 amide bonds. The zero-order valence-electron chi connectivity index (χ0n) is 16.5. The Bertz CT molecular complexity index is 730. The van der Waals surface area contributed by atoms with Gasteiger partial charge in [0, 0.05) is 39.2 Å². The minimum absolute atomic E-state index is 0.442. The Kier molecular flexibility index (Phi) is 8.57. The average Bonchev–Trinajstić information content (AvgIpc) is 3.07. The van der Waals surface area contributed by atoms with E-state index in [4.69, 9.17) is 14.0 Å². The smallest absolute Gasteiger partial charge is 0.223 e. The summed E-state index contributed by atoms with van der Waals surface area (Å²) >= 11 is 0. The average molecular weight is 375 g/mol. The monoisotopic (exact) mass is 375 g/mol. The van der Waals surface area contributed by atoms with Crippen LogP contribution in [0.2, 0.25) is 0 Å². The number of hydrogen-bond acceptors (Lipinski definition) is 6. The maximum Gasteiger partial charge on any atom is 0.223 e. The first-order valence-electron chi connectivity index (χ1n) is 9.15. The van der Waals surface area contributed by atoms with Crippen molar-refractivity contribution in [2.75, 3.05) is 26.9 Å². The van der Waals surface area contributed by atoms with Gasteiger partial charge in [-0.1, -0.05) is 17.3 Å². The number of nitrogens with one attached hydrogen (secondary N) is 2. The molecule has 1 aromatic carbocycles. The van der Waals surface area contributed by atoms with E-state index in [1.807, 2.05) is 19.9 Å². The van der Waals surface area contributed by atoms with E-state index in [1.165, 1.54) is 0 Å². The highest BCUT2D eigenvalue weighted by molar-refractivity contribution is 5.79. The molecule has 0 radical (unpaired) electrons. The molecule has 0 bridgehead atoms. The van der Waals surface area contributed by atoms with Crippen LogP contribution >= 0.6 is 0 Å². The number of ether oxygens (including phenoxy) is 2. The SMILES string of the molecule is CCNC(=NCc1ccc(C)cc1OCCCOC)NCc1noc(C)n1. The molecule has 148 valence electrons. The van der Waals surface area contributed by atoms with Crippen molar-refractivity contribution in [3.05, 3.63) is 41.0 Å². The maximum atomic E-state index is 5.92. The van der Waals surface area contributed by atoms with Crippen LogP contribution in [0.25, 0.3) is 0 Å². The van der Waals surface area contributed by atoms with Crippen molar-refractivity contribution < 1.29 is 14.0 Å². The molecular formula is C19H29N5O3. The molecule has 0 unspecified atom stereocenters. The molecule has 2 aromatic rings. The third kappa shape index (κ3) is 7.26. The highest BCUT2D eigenvalue weighted by Crippen LogP contribution is 2.21. The molecule has 0 atom stereocenters. The molecule has 0 aliphatic rings. The van der Waals surface area contributed by atoms with Crippen LogP contribution in [0, 0.1) is 13.8 Å². The molecule has 0 aliphatic heterocycles. The van der Waals surface area contributed by atoms with Gasteiger partial charge in [-0.15, -0.1) is 0 Å². The molecule has 1 aromatic heterocycles. The molecule has 8 nitrogen and oxygen atoms in total. The van der Waals surface area contributed by atoms with Crippen LogP contribution in [-0.4, -0.2) is 43.0 Å². The molecule has 0 spiro atoms. The number of benzene rings is 1. The van der Waals surface area contributed by atoms with Gasteiger partial charge in [0.25, 0.3) is 0 Å². The van der Waals surface area contributed by atoms with Crippen molar-refractivity contribution in [2.24, 2.45) is 4.99 Å². The Balaban J connectivity index is 2.00. The summed E-state index contributed by atoms with van der Waals surface area (Å²) in [5, 5.41) is 10.3. The lowest BCUT2D eigenvalue weighted by molar-refractivity contribution is 0.172. The summed E-state index contributed by atoms with van der Waals surface area (Å²) in [7, 11) is 1.69. The van der Waals surface area contributed by atoms with E-state index in [9.17, 15) is 0 Å². The van der Waals surface area contributed by atoms with Gasteiger partial charge in [0.2, 0.25) is 5.89 Å². The van der Waals surface area contributed by atoms with Gasteiger partial charge in [0.15, 0.2) is 11.8 Å². The van der Waals surface area contributed by atoms with Gasteiger partial charge in [0.1, 0.15) is 5.75 Å². The fourth-order valence-corrected chi connectivity index (χ4v) is 2.39. The van der Waals surface area contributed by atoms with Crippen molar-refractivity contribution >= 4 is 5.96 Å². The molecule has 1 heterocycles. The fourth-order valence-electron chi connectivity index (χ4n) is 2.39. The molecule has 0 saturated heterocycles. The Morgan fingerprint density at radius 2 is 2.07 bits per heavy atom. The summed E-state index contributed by atoms with van der Waals surface area (Å²) < 4.78 is 16.0. The summed E-state index contributed by atoms with van der Waals surface area (Å²) in [6.07, 6.45) is 0.849. The second-order valence-electron chi connectivity index (χ2n) is 6.08. The van der Waals surface area contributed by atoms with E-state index in [2.05, 4.69) is 37.9 Å². The summed E-state index contributed by atoms with van der Waals surface area (Å²) in [4.78, 5) is 8.82. The first kappa shape index (κ1) is 20.7. The van der Waals surface area contributed by atoms with Crippen LogP contribution in [-0.2, 0) is 17.8 Å². The first-order valence-corrected chi connectivity index (χ1v) is 9.15. The highest BCUT2D eigenvalue weighted by Gasteiger charge is 2.07. The largest absolute Gasteiger partial charge is 0.493 e. The topological polar surface area (TPSA) is 93.8 Å². The Morgan fingerprint density at radius 1 is 1.22 bits per heavy atom. The summed E-state index contributed by atoms with van der Waals surface area (Å²) in [6.45, 7) is 8.83. The second kappa shape index (κ2) is 11.2. The zero-order chi connectivity index (χ0) is 19.5. The molecule has 2 rings (SSSR count). The van der Waals surface area contributed by atoms with Crippen molar-refractivity contribution in [2.45, 2.75) is 40.3 Å². The van der Waals surface area contributed by atoms with Gasteiger partial charge in [-0.3, -0.25) is 0 Å². The van der Waals surface area contributed by atoms with E-state index in [0.717, 1.165) is 29.8 Å². The highest BCUT2D eigenvalue weighted by atomic mass is 16.5. The van der Waals surface area contributed by atoms with E-state index in [1.54, 1.807) is 14.0 Å². The predicted octanol–water partition coefficient (Wildman–Crippen LogP) is 2.36. The van der Waals surface area contributed by atoms with Gasteiger partial charge in [-0.2, -0.15) is 4.98 Å². The number of rotatable bonds is 10. The number of nitrogens with zero attached hydrogens (tertiary/aromatic N) is 3. The Labute approximate surface area is 160 Å². The number of aliphatic imine (C=N–C) groups is 1. The van der Waals surface area contributed by atoms with Crippen LogP contribution in [0.15, 0.2) is 27.7 Å². The predicted molar refractivity (Wildman–Crippen MR) is 104 cm³/mol. The van der Waals surface area contributed by atoms with Crippen LogP contribution in [0.4, 0.5) is 0 Å². The van der Waals surface area contributed by atoms with E-state index < -0.39 is 0 Å². The molecule has 2 N–H and O–H groups in total. The molecular weight excluding hydrogens is 346 g/mol. The number of hydrogen-bond donors (Lipinski definition) is 2. The minimum atomic E-state index is 0.442. The van der Waals surface area contributed by atoms with Crippen LogP contribution < -0.4 is 15.4 Å². The third-order valence-electron chi connectivity index (χ3n) is 3.71. The molecule has 0 fully saturated rings. The van der Waals surface area contributed by atoms with Crippen molar-refractivity contribution in [3.8, 4) is 5.75 Å². The van der Waals surface area contributed by atoms with E-state index in [0.29, 0.717) is 44.0 Å². The van der Waals surface area contributed by atoms with Crippen LogP contribution in [0.1, 0.15) is 36.2 Å². The third-order valence-corrected chi connectivity index (χ3v) is 3.71. The van der Waals surface area contributed by atoms with Gasteiger partial charge in [-0.25, -0.2) is 4.99 Å². The van der Waals surface area contributed by atoms with Gasteiger partial charge < -0.3 is 24.6 Å². The minimum Gasteiger partial charge on any atom is -0.493 e. The lowest BCUT2D eigenvalue weighted by atomic mass is 10.1. The summed E-state index contributed by atoms with van der Waals surface area (Å²) in [6, 6.07) is 6.16. The number of aryl methyl sites for hydroxylation is 2. The summed E-state index contributed by atoms with van der Waals surface area (Å²) in [5.74, 6) is 2.68. The quantitative estimate of drug-likeness (QED) is 0.374. The Hall–Kier alpha value is -2.61. The van der Waals surface area contributed by atoms with Crippen LogP contribution in [0.3, 0.4) is 0 Å². The number of methoxy groups -OCH3 is 1. The van der Waals surface area contributed by atoms with Crippen LogP contribution in [0.5, 0.6) is 5.75 Å². The fraction of sp³-hybridized carbons (Fsp3) is 0.526. The number of aromatic nitrogens is 2.